The van der Waals surface area contributed by atoms with Crippen LogP contribution in [0, 0.1) is 13.8 Å². The Balaban J connectivity index is 1.84. The fourth-order valence-corrected chi connectivity index (χ4v) is 4.53. The minimum Gasteiger partial charge on any atom is -0.494 e. The molecule has 2 amide bonds. The van der Waals surface area contributed by atoms with Crippen LogP contribution in [-0.2, 0) is 16.1 Å². The van der Waals surface area contributed by atoms with Crippen molar-refractivity contribution in [3.63, 3.8) is 0 Å². The minimum absolute atomic E-state index is 0.0795. The van der Waals surface area contributed by atoms with Gasteiger partial charge in [0.25, 0.3) is 0 Å². The number of aryl methyl sites for hydroxylation is 2. The molecule has 0 aliphatic carbocycles. The zero-order chi connectivity index (χ0) is 27.4. The standard InChI is InChI=1S/C30H35N5O3/c1-7-38-24-14-12-22(13-15-24)28(29(37)31-30(4,5)6)35(23-17-20(2)16-21(3)18-23)27(36)19-34-26-11-9-8-10-25(26)32-33-34/h8-18,28H,7,19H2,1-6H3,(H,31,37)/t28-/m0/s1. The summed E-state index contributed by atoms with van der Waals surface area (Å²) in [5.74, 6) is 0.135. The maximum atomic E-state index is 14.2. The Hall–Kier alpha value is -4.20. The highest BCUT2D eigenvalue weighted by molar-refractivity contribution is 6.01. The van der Waals surface area contributed by atoms with E-state index in [1.54, 1.807) is 9.58 Å². The molecule has 3 aromatic carbocycles. The van der Waals surface area contributed by atoms with Gasteiger partial charge in [0.05, 0.1) is 12.1 Å². The van der Waals surface area contributed by atoms with Crippen LogP contribution in [-0.4, -0.2) is 39.0 Å². The van der Waals surface area contributed by atoms with Gasteiger partial charge in [0, 0.05) is 11.2 Å². The maximum absolute atomic E-state index is 14.2. The summed E-state index contributed by atoms with van der Waals surface area (Å²) in [6.07, 6.45) is 0. The molecular weight excluding hydrogens is 478 g/mol. The van der Waals surface area contributed by atoms with Crippen molar-refractivity contribution in [2.24, 2.45) is 0 Å². The van der Waals surface area contributed by atoms with E-state index in [0.29, 0.717) is 29.1 Å². The predicted octanol–water partition coefficient (Wildman–Crippen LogP) is 5.14. The second kappa shape index (κ2) is 11.0. The van der Waals surface area contributed by atoms with Crippen molar-refractivity contribution in [1.82, 2.24) is 20.3 Å². The Kier molecular flexibility index (Phi) is 7.80. The molecule has 0 radical (unpaired) electrons. The number of nitrogens with one attached hydrogen (secondary N) is 1. The lowest BCUT2D eigenvalue weighted by atomic mass is 9.99. The van der Waals surface area contributed by atoms with Crippen LogP contribution in [0.4, 0.5) is 5.69 Å². The van der Waals surface area contributed by atoms with Crippen molar-refractivity contribution in [2.45, 2.75) is 59.7 Å². The monoisotopic (exact) mass is 513 g/mol. The van der Waals surface area contributed by atoms with Crippen LogP contribution in [0.25, 0.3) is 11.0 Å². The molecule has 8 heteroatoms. The molecule has 1 heterocycles. The zero-order valence-electron chi connectivity index (χ0n) is 22.9. The van der Waals surface area contributed by atoms with E-state index in [0.717, 1.165) is 16.6 Å². The first-order valence-electron chi connectivity index (χ1n) is 12.8. The molecule has 1 aromatic heterocycles. The van der Waals surface area contributed by atoms with Crippen LogP contribution in [0.1, 0.15) is 50.4 Å². The molecule has 1 atom stereocenters. The van der Waals surface area contributed by atoms with Gasteiger partial charge < -0.3 is 10.1 Å². The molecule has 0 fully saturated rings. The average Bonchev–Trinajstić information content (AvgIpc) is 3.24. The number of rotatable bonds is 8. The maximum Gasteiger partial charge on any atom is 0.249 e. The van der Waals surface area contributed by atoms with Crippen molar-refractivity contribution >= 4 is 28.5 Å². The van der Waals surface area contributed by atoms with Crippen LogP contribution in [0.15, 0.2) is 66.7 Å². The SMILES string of the molecule is CCOc1ccc([C@@H](C(=O)NC(C)(C)C)N(C(=O)Cn2nnc3ccccc32)c2cc(C)cc(C)c2)cc1. The van der Waals surface area contributed by atoms with Crippen LogP contribution in [0.5, 0.6) is 5.75 Å². The van der Waals surface area contributed by atoms with E-state index in [4.69, 9.17) is 4.74 Å². The number of carbonyl (C=O) groups is 2. The number of hydrogen-bond acceptors (Lipinski definition) is 5. The molecule has 0 saturated carbocycles. The summed E-state index contributed by atoms with van der Waals surface area (Å²) in [5, 5.41) is 11.5. The topological polar surface area (TPSA) is 89.4 Å². The summed E-state index contributed by atoms with van der Waals surface area (Å²) < 4.78 is 7.19. The van der Waals surface area contributed by atoms with Gasteiger partial charge in [0.2, 0.25) is 11.8 Å². The number of anilines is 1. The minimum atomic E-state index is -0.923. The lowest BCUT2D eigenvalue weighted by Crippen LogP contribution is -2.50. The molecule has 1 N–H and O–H groups in total. The van der Waals surface area contributed by atoms with Crippen molar-refractivity contribution in [1.29, 1.82) is 0 Å². The van der Waals surface area contributed by atoms with Gasteiger partial charge >= 0.3 is 0 Å². The van der Waals surface area contributed by atoms with E-state index in [-0.39, 0.29) is 18.4 Å². The lowest BCUT2D eigenvalue weighted by Gasteiger charge is -2.34. The molecule has 4 aromatic rings. The quantitative estimate of drug-likeness (QED) is 0.353. The summed E-state index contributed by atoms with van der Waals surface area (Å²) in [6.45, 7) is 12.1. The summed E-state index contributed by atoms with van der Waals surface area (Å²) in [7, 11) is 0. The summed E-state index contributed by atoms with van der Waals surface area (Å²) in [4.78, 5) is 29.6. The normalized spacial score (nSPS) is 12.3. The molecular formula is C30H35N5O3. The van der Waals surface area contributed by atoms with E-state index in [1.807, 2.05) is 108 Å². The van der Waals surface area contributed by atoms with Gasteiger partial charge in [-0.3, -0.25) is 14.5 Å². The molecule has 0 aliphatic rings. The third-order valence-corrected chi connectivity index (χ3v) is 5.97. The molecule has 0 bridgehead atoms. The zero-order valence-corrected chi connectivity index (χ0v) is 22.9. The summed E-state index contributed by atoms with van der Waals surface area (Å²) in [5.41, 5.74) is 4.24. The first-order valence-corrected chi connectivity index (χ1v) is 12.8. The highest BCUT2D eigenvalue weighted by Crippen LogP contribution is 2.32. The highest BCUT2D eigenvalue weighted by atomic mass is 16.5. The fourth-order valence-electron chi connectivity index (χ4n) is 4.53. The smallest absolute Gasteiger partial charge is 0.249 e. The molecule has 198 valence electrons. The third-order valence-electron chi connectivity index (χ3n) is 5.97. The number of ether oxygens (including phenoxy) is 1. The van der Waals surface area contributed by atoms with E-state index < -0.39 is 11.6 Å². The number of fused-ring (bicyclic) bond motifs is 1. The van der Waals surface area contributed by atoms with Gasteiger partial charge in [-0.25, -0.2) is 4.68 Å². The van der Waals surface area contributed by atoms with E-state index >= 15 is 0 Å². The van der Waals surface area contributed by atoms with Crippen LogP contribution in [0.3, 0.4) is 0 Å². The van der Waals surface area contributed by atoms with Crippen molar-refractivity contribution < 1.29 is 14.3 Å². The average molecular weight is 514 g/mol. The molecule has 4 rings (SSSR count). The van der Waals surface area contributed by atoms with Crippen molar-refractivity contribution in [3.05, 3.63) is 83.4 Å². The number of carbonyl (C=O) groups excluding carboxylic acids is 2. The number of amides is 2. The first-order chi connectivity index (χ1) is 18.1. The molecule has 0 unspecified atom stereocenters. The van der Waals surface area contributed by atoms with Crippen molar-refractivity contribution in [3.8, 4) is 5.75 Å². The summed E-state index contributed by atoms with van der Waals surface area (Å²) >= 11 is 0. The first kappa shape index (κ1) is 26.9. The van der Waals surface area contributed by atoms with Crippen LogP contribution >= 0.6 is 0 Å². The number of benzene rings is 3. The molecule has 38 heavy (non-hydrogen) atoms. The Morgan fingerprint density at radius 3 is 2.29 bits per heavy atom. The number of nitrogens with zero attached hydrogens (tertiary/aromatic N) is 4. The summed E-state index contributed by atoms with van der Waals surface area (Å²) in [6, 6.07) is 19.8. The lowest BCUT2D eigenvalue weighted by molar-refractivity contribution is -0.128. The van der Waals surface area contributed by atoms with E-state index in [9.17, 15) is 9.59 Å². The molecule has 8 nitrogen and oxygen atoms in total. The molecule has 0 saturated heterocycles. The number of aromatic nitrogens is 3. The second-order valence-electron chi connectivity index (χ2n) is 10.5. The molecule has 0 aliphatic heterocycles. The van der Waals surface area contributed by atoms with Crippen LogP contribution in [0.2, 0.25) is 0 Å². The Morgan fingerprint density at radius 2 is 1.66 bits per heavy atom. The largest absolute Gasteiger partial charge is 0.494 e. The van der Waals surface area contributed by atoms with Gasteiger partial charge in [-0.05, 0) is 94.6 Å². The number of hydrogen-bond donors (Lipinski definition) is 1. The Labute approximate surface area is 223 Å². The van der Waals surface area contributed by atoms with Crippen LogP contribution < -0.4 is 15.0 Å². The van der Waals surface area contributed by atoms with Gasteiger partial charge in [0.1, 0.15) is 23.9 Å². The van der Waals surface area contributed by atoms with Gasteiger partial charge in [-0.2, -0.15) is 0 Å². The Bertz CT molecular complexity index is 1420. The predicted molar refractivity (Wildman–Crippen MR) is 149 cm³/mol. The van der Waals surface area contributed by atoms with Gasteiger partial charge in [-0.1, -0.05) is 35.5 Å². The molecule has 0 spiro atoms. The fraction of sp³-hybridized carbons (Fsp3) is 0.333. The van der Waals surface area contributed by atoms with Crippen molar-refractivity contribution in [2.75, 3.05) is 11.5 Å². The highest BCUT2D eigenvalue weighted by Gasteiger charge is 2.35. The second-order valence-corrected chi connectivity index (χ2v) is 10.5. The van der Waals surface area contributed by atoms with Gasteiger partial charge in [0.15, 0.2) is 0 Å². The third kappa shape index (κ3) is 6.19. The number of para-hydroxylation sites is 1. The van der Waals surface area contributed by atoms with E-state index in [1.165, 1.54) is 0 Å². The van der Waals surface area contributed by atoms with E-state index in [2.05, 4.69) is 15.6 Å². The van der Waals surface area contributed by atoms with Gasteiger partial charge in [-0.15, -0.1) is 5.10 Å². The Morgan fingerprint density at radius 1 is 1.00 bits per heavy atom.